The summed E-state index contributed by atoms with van der Waals surface area (Å²) in [6.07, 6.45) is 3.85. The van der Waals surface area contributed by atoms with Crippen molar-refractivity contribution < 1.29 is 19.1 Å². The number of amides is 2. The van der Waals surface area contributed by atoms with Crippen molar-refractivity contribution in [1.82, 2.24) is 26.1 Å². The number of aromatic nitrogens is 1. The third-order valence-corrected chi connectivity index (χ3v) is 7.26. The number of benzene rings is 1. The molecule has 6 bridgehead atoms. The van der Waals surface area contributed by atoms with E-state index in [4.69, 9.17) is 4.74 Å². The van der Waals surface area contributed by atoms with Gasteiger partial charge in [-0.15, -0.1) is 0 Å². The first-order valence-electron chi connectivity index (χ1n) is 13.7. The van der Waals surface area contributed by atoms with Gasteiger partial charge in [0.1, 0.15) is 24.2 Å². The molecule has 1 fully saturated rings. The van der Waals surface area contributed by atoms with Crippen molar-refractivity contribution in [2.24, 2.45) is 5.92 Å². The summed E-state index contributed by atoms with van der Waals surface area (Å²) in [6, 6.07) is 9.92. The van der Waals surface area contributed by atoms with Crippen LogP contribution in [0.25, 0.3) is 11.1 Å². The van der Waals surface area contributed by atoms with Crippen LogP contribution in [0.15, 0.2) is 54.9 Å². The first kappa shape index (κ1) is 28.3. The molecule has 9 nitrogen and oxygen atoms in total. The van der Waals surface area contributed by atoms with Gasteiger partial charge in [0.25, 0.3) is 5.91 Å². The van der Waals surface area contributed by atoms with Gasteiger partial charge in [-0.2, -0.15) is 0 Å². The summed E-state index contributed by atoms with van der Waals surface area (Å²) in [6.45, 7) is 11.9. The fourth-order valence-electron chi connectivity index (χ4n) is 4.86. The van der Waals surface area contributed by atoms with Gasteiger partial charge >= 0.3 is 5.97 Å². The highest BCUT2D eigenvalue weighted by molar-refractivity contribution is 5.90. The smallest absolute Gasteiger partial charge is 0.325 e. The molecule has 3 aliphatic rings. The van der Waals surface area contributed by atoms with Crippen LogP contribution >= 0.6 is 0 Å². The minimum absolute atomic E-state index is 0.0305. The first-order chi connectivity index (χ1) is 18.6. The number of carbonyl (C=O) groups excluding carboxylic acids is 3. The summed E-state index contributed by atoms with van der Waals surface area (Å²) in [4.78, 5) is 44.0. The lowest BCUT2D eigenvalue weighted by Crippen LogP contribution is -2.60. The maximum absolute atomic E-state index is 13.2. The van der Waals surface area contributed by atoms with Crippen LogP contribution in [0.4, 0.5) is 0 Å². The van der Waals surface area contributed by atoms with E-state index in [-0.39, 0.29) is 17.7 Å². The normalized spacial score (nSPS) is 25.3. The third kappa shape index (κ3) is 7.03. The molecule has 1 aromatic carbocycles. The number of allylic oxidation sites excluding steroid dienone is 1. The second-order valence-electron chi connectivity index (χ2n) is 10.8. The Kier molecular flexibility index (Phi) is 9.01. The van der Waals surface area contributed by atoms with E-state index >= 15 is 0 Å². The summed E-state index contributed by atoms with van der Waals surface area (Å²) < 4.78 is 5.81. The monoisotopic (exact) mass is 533 g/mol. The Morgan fingerprint density at radius 2 is 1.85 bits per heavy atom. The summed E-state index contributed by atoms with van der Waals surface area (Å²) in [7, 11) is 0. The van der Waals surface area contributed by atoms with E-state index in [1.165, 1.54) is 5.01 Å². The van der Waals surface area contributed by atoms with Crippen LogP contribution in [0.3, 0.4) is 0 Å². The van der Waals surface area contributed by atoms with E-state index in [9.17, 15) is 14.4 Å². The largest absolute Gasteiger partial charge is 0.457 e. The maximum atomic E-state index is 13.2. The molecule has 3 N–H and O–H groups in total. The molecule has 0 radical (unpaired) electrons. The molecule has 39 heavy (non-hydrogen) atoms. The van der Waals surface area contributed by atoms with Crippen LogP contribution in [0.1, 0.15) is 64.3 Å². The van der Waals surface area contributed by atoms with Gasteiger partial charge in [-0.05, 0) is 68.7 Å². The molecule has 4 heterocycles. The highest BCUT2D eigenvalue weighted by Gasteiger charge is 2.33. The molecule has 0 saturated carbocycles. The quantitative estimate of drug-likeness (QED) is 0.482. The molecule has 0 unspecified atom stereocenters. The predicted molar refractivity (Wildman–Crippen MR) is 149 cm³/mol. The standard InChI is InChI=1S/C30H39N5O4/c1-18(2)27-28(36)33-20(4)29(37)35-15-7-10-26(34-35)30(38)39-21(5)22-8-6-9-23(16-22)24-12-14-25(31-17-24)13-11-19(3)32-27/h6,8-9,12,14,16-18,20-21,26-27,32,34H,3,7,10-11,13,15H2,1-2,4-5H3,(H,33,36)/t20-,21+,26-,27-/m0/s1. The average molecular weight is 534 g/mol. The molecule has 0 spiro atoms. The minimum Gasteiger partial charge on any atom is -0.457 e. The molecule has 0 aliphatic carbocycles. The molecule has 2 aromatic rings. The lowest BCUT2D eigenvalue weighted by Gasteiger charge is -2.35. The van der Waals surface area contributed by atoms with E-state index in [2.05, 4.69) is 27.6 Å². The predicted octanol–water partition coefficient (Wildman–Crippen LogP) is 3.43. The van der Waals surface area contributed by atoms with Crippen molar-refractivity contribution >= 4 is 17.8 Å². The van der Waals surface area contributed by atoms with E-state index in [1.807, 2.05) is 63.4 Å². The Hall–Kier alpha value is -3.72. The molecule has 1 aromatic heterocycles. The second-order valence-corrected chi connectivity index (χ2v) is 10.8. The van der Waals surface area contributed by atoms with Crippen molar-refractivity contribution in [2.75, 3.05) is 6.54 Å². The van der Waals surface area contributed by atoms with E-state index in [0.717, 1.165) is 28.1 Å². The SMILES string of the molecule is C=C1CCc2ccc(cn2)-c2cccc(c2)[C@@H](C)OC(=O)[C@@H]2CCCN(N2)C(=O)[C@H](C)NC(=O)[C@H](C(C)C)N1. The van der Waals surface area contributed by atoms with Gasteiger partial charge in [-0.3, -0.25) is 24.4 Å². The van der Waals surface area contributed by atoms with Gasteiger partial charge in [-0.1, -0.05) is 44.7 Å². The molecule has 2 amide bonds. The third-order valence-electron chi connectivity index (χ3n) is 7.26. The Bertz CT molecular complexity index is 1210. The van der Waals surface area contributed by atoms with Gasteiger partial charge in [0.15, 0.2) is 0 Å². The molecule has 9 heteroatoms. The summed E-state index contributed by atoms with van der Waals surface area (Å²) in [5.41, 5.74) is 7.49. The highest BCUT2D eigenvalue weighted by Crippen LogP contribution is 2.26. The Balaban J connectivity index is 1.61. The molecule has 1 saturated heterocycles. The zero-order valence-corrected chi connectivity index (χ0v) is 23.2. The number of hydrogen-bond acceptors (Lipinski definition) is 7. The molecule has 208 valence electrons. The minimum atomic E-state index is -0.779. The van der Waals surface area contributed by atoms with Gasteiger partial charge < -0.3 is 15.4 Å². The Morgan fingerprint density at radius 3 is 2.56 bits per heavy atom. The van der Waals surface area contributed by atoms with Crippen molar-refractivity contribution in [3.8, 4) is 11.1 Å². The van der Waals surface area contributed by atoms with E-state index in [1.54, 1.807) is 6.92 Å². The number of nitrogens with one attached hydrogen (secondary N) is 3. The van der Waals surface area contributed by atoms with Gasteiger partial charge in [0.2, 0.25) is 5.91 Å². The van der Waals surface area contributed by atoms with Gasteiger partial charge in [0, 0.05) is 29.7 Å². The number of fused-ring (bicyclic) bond motifs is 12. The number of aryl methyl sites for hydroxylation is 1. The zero-order valence-electron chi connectivity index (χ0n) is 23.2. The molecule has 4 atom stereocenters. The average Bonchev–Trinajstić information content (AvgIpc) is 2.94. The van der Waals surface area contributed by atoms with Crippen molar-refractivity contribution in [2.45, 2.75) is 77.6 Å². The van der Waals surface area contributed by atoms with Crippen LogP contribution in [-0.4, -0.2) is 52.4 Å². The Labute approximate surface area is 230 Å². The number of nitrogens with zero attached hydrogens (tertiary/aromatic N) is 2. The summed E-state index contributed by atoms with van der Waals surface area (Å²) in [5, 5.41) is 7.51. The van der Waals surface area contributed by atoms with Gasteiger partial charge in [-0.25, -0.2) is 5.43 Å². The summed E-state index contributed by atoms with van der Waals surface area (Å²) in [5.74, 6) is -1.03. The maximum Gasteiger partial charge on any atom is 0.325 e. The number of hydrogen-bond donors (Lipinski definition) is 3. The van der Waals surface area contributed by atoms with Crippen molar-refractivity contribution in [3.63, 3.8) is 0 Å². The zero-order chi connectivity index (χ0) is 28.1. The number of carbonyl (C=O) groups is 3. The van der Waals surface area contributed by atoms with Crippen LogP contribution in [0.5, 0.6) is 0 Å². The van der Waals surface area contributed by atoms with E-state index < -0.39 is 30.2 Å². The van der Waals surface area contributed by atoms with Crippen LogP contribution in [0, 0.1) is 5.92 Å². The van der Waals surface area contributed by atoms with Gasteiger partial charge in [0.05, 0.1) is 0 Å². The van der Waals surface area contributed by atoms with E-state index in [0.29, 0.717) is 32.2 Å². The summed E-state index contributed by atoms with van der Waals surface area (Å²) >= 11 is 0. The fourth-order valence-corrected chi connectivity index (χ4v) is 4.86. The van der Waals surface area contributed by atoms with Crippen molar-refractivity contribution in [3.05, 3.63) is 66.1 Å². The number of pyridine rings is 1. The second kappa shape index (κ2) is 12.4. The van der Waals surface area contributed by atoms with Crippen LogP contribution in [-0.2, 0) is 25.5 Å². The van der Waals surface area contributed by atoms with Crippen molar-refractivity contribution in [1.29, 1.82) is 0 Å². The molecule has 3 aliphatic heterocycles. The number of ether oxygens (including phenoxy) is 1. The number of rotatable bonds is 1. The molecule has 5 rings (SSSR count). The van der Waals surface area contributed by atoms with Crippen LogP contribution in [0.2, 0.25) is 0 Å². The topological polar surface area (TPSA) is 113 Å². The highest BCUT2D eigenvalue weighted by atomic mass is 16.5. The molecular weight excluding hydrogens is 494 g/mol. The Morgan fingerprint density at radius 1 is 1.05 bits per heavy atom. The first-order valence-corrected chi connectivity index (χ1v) is 13.7. The lowest BCUT2D eigenvalue weighted by molar-refractivity contribution is -0.157. The van der Waals surface area contributed by atoms with Crippen LogP contribution < -0.4 is 16.1 Å². The fraction of sp³-hybridized carbons (Fsp3) is 0.467. The number of esters is 1. The lowest BCUT2D eigenvalue weighted by atomic mass is 10.0. The number of hydrazine groups is 1. The molecular formula is C30H39N5O4.